The van der Waals surface area contributed by atoms with Crippen LogP contribution < -0.4 is 10.5 Å². The Hall–Kier alpha value is -2.86. The lowest BCUT2D eigenvalue weighted by Crippen LogP contribution is -2.39. The minimum atomic E-state index is -0.730. The molecule has 2 aromatic rings. The molecule has 0 aromatic heterocycles. The first-order valence-electron chi connectivity index (χ1n) is 9.96. The number of ether oxygens (including phenoxy) is 2. The topological polar surface area (TPSA) is 67.8 Å². The zero-order chi connectivity index (χ0) is 20.8. The fraction of sp³-hybridized carbons (Fsp3) is 0.391. The molecule has 1 amide bonds. The van der Waals surface area contributed by atoms with Gasteiger partial charge in [-0.1, -0.05) is 23.8 Å². The smallest absolute Gasteiger partial charge is 0.405 e. The number of carbonyl (C=O) groups excluding carboxylic acids is 1. The second kappa shape index (κ2) is 9.56. The summed E-state index contributed by atoms with van der Waals surface area (Å²) in [6.07, 6.45) is 1.86. The lowest BCUT2D eigenvalue weighted by molar-refractivity contribution is -0.443. The molecule has 0 saturated heterocycles. The summed E-state index contributed by atoms with van der Waals surface area (Å²) >= 11 is 0. The molecule has 0 saturated carbocycles. The van der Waals surface area contributed by atoms with Gasteiger partial charge in [-0.2, -0.15) is 0 Å². The molecule has 0 aliphatic carbocycles. The maximum absolute atomic E-state index is 11.4. The van der Waals surface area contributed by atoms with Crippen molar-refractivity contribution in [1.82, 2.24) is 4.90 Å². The van der Waals surface area contributed by atoms with Gasteiger partial charge in [0.15, 0.2) is 12.8 Å². The molecule has 0 spiro atoms. The van der Waals surface area contributed by atoms with Crippen LogP contribution in [0.1, 0.15) is 29.2 Å². The molecule has 0 fully saturated rings. The number of primary amides is 1. The van der Waals surface area contributed by atoms with Crippen molar-refractivity contribution in [1.29, 1.82) is 0 Å². The Balaban J connectivity index is 1.62. The van der Waals surface area contributed by atoms with Crippen molar-refractivity contribution in [2.45, 2.75) is 26.4 Å². The molecule has 29 heavy (non-hydrogen) atoms. The predicted molar refractivity (Wildman–Crippen MR) is 114 cm³/mol. The van der Waals surface area contributed by atoms with E-state index in [9.17, 15) is 4.79 Å². The molecule has 6 nitrogen and oxygen atoms in total. The SMILES string of the molecule is COc1ccc([N+]2=CCN(CCC(OC(N)=O)c3cc(C)ccc3C)CC2)cc1. The molecule has 0 bridgehead atoms. The summed E-state index contributed by atoms with van der Waals surface area (Å²) in [5, 5.41) is 0. The Morgan fingerprint density at radius 1 is 1.21 bits per heavy atom. The molecule has 1 atom stereocenters. The third-order valence-corrected chi connectivity index (χ3v) is 5.37. The highest BCUT2D eigenvalue weighted by molar-refractivity contribution is 5.65. The number of hydrogen-bond donors (Lipinski definition) is 1. The van der Waals surface area contributed by atoms with Gasteiger partial charge in [0.1, 0.15) is 11.9 Å². The summed E-state index contributed by atoms with van der Waals surface area (Å²) in [4.78, 5) is 13.8. The molecule has 1 aliphatic rings. The van der Waals surface area contributed by atoms with Gasteiger partial charge in [0.05, 0.1) is 20.2 Å². The maximum Gasteiger partial charge on any atom is 0.405 e. The molecule has 154 valence electrons. The van der Waals surface area contributed by atoms with Gasteiger partial charge in [-0.3, -0.25) is 4.90 Å². The lowest BCUT2D eigenvalue weighted by Gasteiger charge is -2.26. The summed E-state index contributed by atoms with van der Waals surface area (Å²) in [5.74, 6) is 0.860. The van der Waals surface area contributed by atoms with E-state index < -0.39 is 6.09 Å². The normalized spacial score (nSPS) is 15.5. The number of amides is 1. The largest absolute Gasteiger partial charge is 0.497 e. The van der Waals surface area contributed by atoms with E-state index >= 15 is 0 Å². The van der Waals surface area contributed by atoms with Gasteiger partial charge in [0.2, 0.25) is 5.69 Å². The number of carbonyl (C=O) groups is 1. The maximum atomic E-state index is 11.4. The van der Waals surface area contributed by atoms with E-state index in [1.54, 1.807) is 7.11 Å². The van der Waals surface area contributed by atoms with Crippen LogP contribution in [0.5, 0.6) is 5.75 Å². The van der Waals surface area contributed by atoms with Gasteiger partial charge >= 0.3 is 6.09 Å². The monoisotopic (exact) mass is 396 g/mol. The standard InChI is InChI=1S/C23H29N3O3/c1-17-4-5-18(2)21(16-17)22(29-23(24)27)10-11-25-12-14-26(15-13-25)19-6-8-20(28-3)9-7-19/h4-9,14,16,22H,10-13,15H2,1-3H3,(H-,24,27)/p+1. The molecule has 2 aromatic carbocycles. The first-order valence-corrected chi connectivity index (χ1v) is 9.96. The fourth-order valence-corrected chi connectivity index (χ4v) is 3.68. The minimum Gasteiger partial charge on any atom is -0.497 e. The fourth-order valence-electron chi connectivity index (χ4n) is 3.68. The number of methoxy groups -OCH3 is 1. The number of benzene rings is 2. The number of nitrogens with two attached hydrogens (primary N) is 1. The van der Waals surface area contributed by atoms with Crippen molar-refractivity contribution >= 4 is 18.0 Å². The second-order valence-corrected chi connectivity index (χ2v) is 7.45. The molecular formula is C23H30N3O3+. The van der Waals surface area contributed by atoms with E-state index in [1.165, 1.54) is 0 Å². The number of nitrogens with zero attached hydrogens (tertiary/aromatic N) is 2. The van der Waals surface area contributed by atoms with Crippen LogP contribution in [0.2, 0.25) is 0 Å². The Bertz CT molecular complexity index is 877. The summed E-state index contributed by atoms with van der Waals surface area (Å²) in [6.45, 7) is 7.61. The molecule has 6 heteroatoms. The zero-order valence-corrected chi connectivity index (χ0v) is 17.4. The first-order chi connectivity index (χ1) is 14.0. The number of rotatable bonds is 7. The van der Waals surface area contributed by atoms with E-state index in [4.69, 9.17) is 15.2 Å². The minimum absolute atomic E-state index is 0.327. The van der Waals surface area contributed by atoms with Gasteiger partial charge in [0.25, 0.3) is 0 Å². The van der Waals surface area contributed by atoms with Crippen molar-refractivity contribution in [3.05, 3.63) is 59.2 Å². The molecule has 1 heterocycles. The van der Waals surface area contributed by atoms with Crippen molar-refractivity contribution < 1.29 is 18.8 Å². The second-order valence-electron chi connectivity index (χ2n) is 7.45. The third-order valence-electron chi connectivity index (χ3n) is 5.37. The van der Waals surface area contributed by atoms with Crippen molar-refractivity contribution in [2.75, 3.05) is 33.3 Å². The Labute approximate surface area is 172 Å². The average molecular weight is 397 g/mol. The van der Waals surface area contributed by atoms with Crippen molar-refractivity contribution in [3.63, 3.8) is 0 Å². The van der Waals surface area contributed by atoms with E-state index in [1.807, 2.05) is 26.0 Å². The van der Waals surface area contributed by atoms with Crippen LogP contribution in [0, 0.1) is 13.8 Å². The van der Waals surface area contributed by atoms with Gasteiger partial charge in [0, 0.05) is 25.1 Å². The molecule has 0 radical (unpaired) electrons. The Kier molecular flexibility index (Phi) is 6.88. The molecular weight excluding hydrogens is 366 g/mol. The quantitative estimate of drug-likeness (QED) is 0.727. The van der Waals surface area contributed by atoms with Crippen molar-refractivity contribution in [3.8, 4) is 5.75 Å². The predicted octanol–water partition coefficient (Wildman–Crippen LogP) is 3.57. The highest BCUT2D eigenvalue weighted by Gasteiger charge is 2.22. The summed E-state index contributed by atoms with van der Waals surface area (Å²) in [6, 6.07) is 14.3. The van der Waals surface area contributed by atoms with Crippen LogP contribution in [0.15, 0.2) is 42.5 Å². The van der Waals surface area contributed by atoms with Crippen LogP contribution in [-0.2, 0) is 4.74 Å². The van der Waals surface area contributed by atoms with Crippen LogP contribution in [0.3, 0.4) is 0 Å². The van der Waals surface area contributed by atoms with Gasteiger partial charge in [-0.25, -0.2) is 9.37 Å². The van der Waals surface area contributed by atoms with Gasteiger partial charge < -0.3 is 15.2 Å². The van der Waals surface area contributed by atoms with Crippen LogP contribution in [-0.4, -0.2) is 55.1 Å². The molecule has 1 aliphatic heterocycles. The van der Waals surface area contributed by atoms with Crippen molar-refractivity contribution in [2.24, 2.45) is 5.73 Å². The van der Waals surface area contributed by atoms with E-state index in [2.05, 4.69) is 46.0 Å². The molecule has 2 N–H and O–H groups in total. The van der Waals surface area contributed by atoms with Crippen LogP contribution >= 0.6 is 0 Å². The zero-order valence-electron chi connectivity index (χ0n) is 17.4. The van der Waals surface area contributed by atoms with E-state index in [0.717, 1.165) is 54.3 Å². The molecule has 3 rings (SSSR count). The average Bonchev–Trinajstić information content (AvgIpc) is 2.73. The van der Waals surface area contributed by atoms with Gasteiger partial charge in [-0.05, 0) is 37.1 Å². The van der Waals surface area contributed by atoms with Crippen LogP contribution in [0.25, 0.3) is 0 Å². The lowest BCUT2D eigenvalue weighted by atomic mass is 9.98. The summed E-state index contributed by atoms with van der Waals surface area (Å²) in [7, 11) is 1.67. The first kappa shape index (κ1) is 20.9. The number of hydrogen-bond acceptors (Lipinski definition) is 4. The Morgan fingerprint density at radius 3 is 2.59 bits per heavy atom. The summed E-state index contributed by atoms with van der Waals surface area (Å²) < 4.78 is 12.9. The highest BCUT2D eigenvalue weighted by atomic mass is 16.6. The third kappa shape index (κ3) is 5.57. The highest BCUT2D eigenvalue weighted by Crippen LogP contribution is 2.26. The molecule has 1 unspecified atom stereocenters. The Morgan fingerprint density at radius 2 is 1.97 bits per heavy atom. The van der Waals surface area contributed by atoms with Crippen LogP contribution in [0.4, 0.5) is 10.5 Å². The number of aryl methyl sites for hydroxylation is 2. The summed E-state index contributed by atoms with van der Waals surface area (Å²) in [5.41, 5.74) is 9.78. The van der Waals surface area contributed by atoms with E-state index in [-0.39, 0.29) is 6.10 Å². The van der Waals surface area contributed by atoms with Gasteiger partial charge in [-0.15, -0.1) is 0 Å². The van der Waals surface area contributed by atoms with E-state index in [0.29, 0.717) is 6.42 Å².